The summed E-state index contributed by atoms with van der Waals surface area (Å²) in [4.78, 5) is 72.7. The number of fused-ring (bicyclic) bond motifs is 4. The summed E-state index contributed by atoms with van der Waals surface area (Å²) in [5.74, 6) is -8.41. The number of carbonyl (C=O) groups excluding carboxylic acids is 5. The second-order valence-corrected chi connectivity index (χ2v) is 22.2. The summed E-state index contributed by atoms with van der Waals surface area (Å²) in [5.41, 5.74) is 1.16. The van der Waals surface area contributed by atoms with Crippen LogP contribution in [0.1, 0.15) is 126 Å². The maximum Gasteiger partial charge on any atom is 0.329 e. The molecule has 4 saturated heterocycles. The molecule has 0 aromatic rings. The van der Waals surface area contributed by atoms with Crippen molar-refractivity contribution in [3.8, 4) is 0 Å². The molecule has 1 aliphatic carbocycles. The molecule has 6 rings (SSSR count). The molecule has 17 nitrogen and oxygen atoms in total. The predicted octanol–water partition coefficient (Wildman–Crippen LogP) is 5.08. The number of methoxy groups -OCH3 is 2. The van der Waals surface area contributed by atoms with E-state index in [1.807, 2.05) is 51.2 Å². The van der Waals surface area contributed by atoms with E-state index in [9.17, 15) is 44.4 Å². The van der Waals surface area contributed by atoms with Crippen molar-refractivity contribution in [3.05, 3.63) is 47.6 Å². The van der Waals surface area contributed by atoms with Gasteiger partial charge in [-0.25, -0.2) is 4.79 Å². The molecule has 19 atom stereocenters. The molecular formula is C56H85NO16. The molecule has 5 fully saturated rings. The minimum absolute atomic E-state index is 0.0303. The molecule has 2 bridgehead atoms. The zero-order chi connectivity index (χ0) is 53.3. The van der Waals surface area contributed by atoms with Crippen molar-refractivity contribution >= 4 is 29.2 Å². The lowest BCUT2D eigenvalue weighted by Gasteiger charge is -2.43. The third kappa shape index (κ3) is 14.5. The SMILES string of the molecule is CO[C@@H]1C[C@H](C[C@@H](C)[C@@H]2CC(=O)[C@H](C)/C=C(\C)[C@@H](O)[C@@H](OC)C(=O)[C@H](C)C[C@H](C)/C=C/C=C/C=C(\C)[C@H](O[C@@H]3CO[C@H]4[C@@H]3OC[C@@H]4O)C[C@@H]3CC[C@@H](C)[C@@](O)(O3)C(=O)C(=O)N3CCCC[C@H]3C(=O)O2)CC[C@H]1O. The molecular weight excluding hydrogens is 943 g/mol. The molecule has 1 saturated carbocycles. The van der Waals surface area contributed by atoms with Crippen LogP contribution in [0.4, 0.5) is 0 Å². The minimum atomic E-state index is -2.52. The summed E-state index contributed by atoms with van der Waals surface area (Å²) >= 11 is 0. The van der Waals surface area contributed by atoms with Gasteiger partial charge in [-0.2, -0.15) is 0 Å². The number of hydrogen-bond donors (Lipinski definition) is 4. The highest BCUT2D eigenvalue weighted by Gasteiger charge is 2.54. The van der Waals surface area contributed by atoms with Crippen molar-refractivity contribution in [1.29, 1.82) is 0 Å². The maximum absolute atomic E-state index is 14.5. The summed E-state index contributed by atoms with van der Waals surface area (Å²) in [5, 5.41) is 44.7. The maximum atomic E-state index is 14.5. The van der Waals surface area contributed by atoms with Gasteiger partial charge in [0.25, 0.3) is 11.7 Å². The van der Waals surface area contributed by atoms with E-state index in [1.54, 1.807) is 40.9 Å². The first-order valence-electron chi connectivity index (χ1n) is 26.9. The molecule has 1 amide bonds. The van der Waals surface area contributed by atoms with Gasteiger partial charge in [0.2, 0.25) is 5.79 Å². The van der Waals surface area contributed by atoms with Crippen molar-refractivity contribution in [3.63, 3.8) is 0 Å². The Morgan fingerprint density at radius 3 is 2.27 bits per heavy atom. The number of esters is 1. The first-order valence-corrected chi connectivity index (χ1v) is 26.9. The summed E-state index contributed by atoms with van der Waals surface area (Å²) in [6.07, 6.45) is 7.79. The molecule has 0 aromatic heterocycles. The van der Waals surface area contributed by atoms with Crippen LogP contribution in [-0.4, -0.2) is 168 Å². The van der Waals surface area contributed by atoms with E-state index < -0.39 is 108 Å². The van der Waals surface area contributed by atoms with E-state index in [0.717, 1.165) is 5.57 Å². The van der Waals surface area contributed by atoms with Crippen LogP contribution < -0.4 is 0 Å². The van der Waals surface area contributed by atoms with E-state index in [-0.39, 0.29) is 74.4 Å². The van der Waals surface area contributed by atoms with Crippen LogP contribution >= 0.6 is 0 Å². The Balaban J connectivity index is 1.31. The standard InChI is InChI=1S/C56H85NO16/c1-31-15-11-10-12-16-32(2)44(71-47-30-70-50-43(60)29-69-51(47)50)27-39-20-18-37(7)56(66,73-39)53(63)54(64)57-22-14-13-17-40(57)55(65)72-45(34(4)25-38-19-21-41(58)46(26-38)67-8)28-42(59)33(3)24-36(6)49(62)52(68-9)48(61)35(5)23-31/h10-12,15-16,24,31,33-35,37-41,43-47,49-52,58,60,62,66H,13-14,17-23,25-30H2,1-9H3/b12-10+,15-11+,32-16+,36-24+/t31-,33-,34-,35-,37-,38+,39+,40+,41-,43+,44-,45+,46-,47-,49-,50-,51-,52+,56-/m1/s1. The van der Waals surface area contributed by atoms with Gasteiger partial charge >= 0.3 is 5.97 Å². The van der Waals surface area contributed by atoms with Gasteiger partial charge in [-0.15, -0.1) is 0 Å². The smallest absolute Gasteiger partial charge is 0.329 e. The van der Waals surface area contributed by atoms with Gasteiger partial charge in [-0.05, 0) is 107 Å². The number of aliphatic hydroxyl groups excluding tert-OH is 3. The normalized spacial score (nSPS) is 43.2. The monoisotopic (exact) mass is 1030 g/mol. The topological polar surface area (TPSA) is 234 Å². The number of aliphatic hydroxyl groups is 4. The number of Topliss-reactive ketones (excluding diaryl/α,β-unsaturated/α-hetero) is 3. The number of cyclic esters (lactones) is 1. The predicted molar refractivity (Wildman–Crippen MR) is 268 cm³/mol. The largest absolute Gasteiger partial charge is 0.460 e. The van der Waals surface area contributed by atoms with Gasteiger partial charge in [0.05, 0.1) is 37.6 Å². The number of amides is 1. The van der Waals surface area contributed by atoms with Crippen LogP contribution in [0, 0.1) is 35.5 Å². The van der Waals surface area contributed by atoms with Crippen molar-refractivity contribution in [2.45, 2.75) is 204 Å². The fourth-order valence-corrected chi connectivity index (χ4v) is 11.8. The Kier molecular flexibility index (Phi) is 21.3. The average Bonchev–Trinajstić information content (AvgIpc) is 3.95. The molecule has 5 heterocycles. The van der Waals surface area contributed by atoms with Crippen LogP contribution in [0.3, 0.4) is 0 Å². The molecule has 5 aliphatic heterocycles. The zero-order valence-corrected chi connectivity index (χ0v) is 44.6. The molecule has 0 aromatic carbocycles. The lowest BCUT2D eigenvalue weighted by atomic mass is 9.78. The number of carbonyl (C=O) groups is 5. The number of ketones is 3. The summed E-state index contributed by atoms with van der Waals surface area (Å²) in [6, 6.07) is -1.18. The highest BCUT2D eigenvalue weighted by Crippen LogP contribution is 2.39. The summed E-state index contributed by atoms with van der Waals surface area (Å²) in [7, 11) is 2.93. The highest BCUT2D eigenvalue weighted by molar-refractivity contribution is 6.39. The molecule has 0 unspecified atom stereocenters. The van der Waals surface area contributed by atoms with Crippen LogP contribution in [-0.2, 0) is 57.1 Å². The van der Waals surface area contributed by atoms with E-state index in [2.05, 4.69) is 0 Å². The van der Waals surface area contributed by atoms with Gasteiger partial charge < -0.3 is 58.5 Å². The number of rotatable bonds is 7. The fraction of sp³-hybridized carbons (Fsp3) is 0.768. The highest BCUT2D eigenvalue weighted by atomic mass is 16.6. The number of nitrogens with zero attached hydrogens (tertiary/aromatic N) is 1. The lowest BCUT2D eigenvalue weighted by molar-refractivity contribution is -0.266. The third-order valence-electron chi connectivity index (χ3n) is 16.5. The molecule has 73 heavy (non-hydrogen) atoms. The molecule has 0 spiro atoms. The second kappa shape index (κ2) is 26.5. The van der Waals surface area contributed by atoms with Crippen molar-refractivity contribution in [2.24, 2.45) is 35.5 Å². The summed E-state index contributed by atoms with van der Waals surface area (Å²) < 4.78 is 42.2. The Labute approximate surface area is 432 Å². The second-order valence-electron chi connectivity index (χ2n) is 22.2. The van der Waals surface area contributed by atoms with Crippen molar-refractivity contribution in [2.75, 3.05) is 34.0 Å². The Morgan fingerprint density at radius 2 is 1.55 bits per heavy atom. The van der Waals surface area contributed by atoms with Crippen molar-refractivity contribution in [1.82, 2.24) is 4.90 Å². The van der Waals surface area contributed by atoms with Crippen LogP contribution in [0.5, 0.6) is 0 Å². The van der Waals surface area contributed by atoms with Crippen LogP contribution in [0.2, 0.25) is 0 Å². The van der Waals surface area contributed by atoms with E-state index >= 15 is 0 Å². The van der Waals surface area contributed by atoms with Gasteiger partial charge in [0.1, 0.15) is 54.6 Å². The van der Waals surface area contributed by atoms with E-state index in [1.165, 1.54) is 12.0 Å². The Hall–Kier alpha value is -3.49. The first-order chi connectivity index (χ1) is 34.7. The number of allylic oxidation sites excluding steroid dienone is 6. The lowest BCUT2D eigenvalue weighted by Crippen LogP contribution is -2.61. The molecule has 17 heteroatoms. The molecule has 410 valence electrons. The average molecular weight is 1030 g/mol. The Morgan fingerprint density at radius 1 is 0.808 bits per heavy atom. The zero-order valence-electron chi connectivity index (χ0n) is 44.6. The van der Waals surface area contributed by atoms with Gasteiger partial charge in [0, 0.05) is 51.4 Å². The van der Waals surface area contributed by atoms with E-state index in [0.29, 0.717) is 63.4 Å². The quantitative estimate of drug-likeness (QED) is 0.148. The van der Waals surface area contributed by atoms with E-state index in [4.69, 9.17) is 33.2 Å². The van der Waals surface area contributed by atoms with Gasteiger partial charge in [-0.3, -0.25) is 19.2 Å². The Bertz CT molecular complexity index is 2040. The molecule has 4 N–H and O–H groups in total. The van der Waals surface area contributed by atoms with Gasteiger partial charge in [0.15, 0.2) is 5.78 Å². The molecule has 0 radical (unpaired) electrons. The van der Waals surface area contributed by atoms with Crippen molar-refractivity contribution < 1.29 is 77.6 Å². The third-order valence-corrected chi connectivity index (χ3v) is 16.5. The number of ether oxygens (including phenoxy) is 7. The van der Waals surface area contributed by atoms with Crippen LogP contribution in [0.25, 0.3) is 0 Å². The van der Waals surface area contributed by atoms with Crippen LogP contribution in [0.15, 0.2) is 47.6 Å². The number of hydrogen-bond acceptors (Lipinski definition) is 16. The number of piperidine rings is 1. The first kappa shape index (κ1) is 58.8. The fourth-order valence-electron chi connectivity index (χ4n) is 11.8. The molecule has 6 aliphatic rings. The van der Waals surface area contributed by atoms with Gasteiger partial charge in [-0.1, -0.05) is 71.1 Å². The summed E-state index contributed by atoms with van der Waals surface area (Å²) in [6.45, 7) is 12.9. The minimum Gasteiger partial charge on any atom is -0.460 e.